The molecule has 8 heteroatoms. The number of sulfone groups is 1. The molecule has 3 heterocycles. The van der Waals surface area contributed by atoms with E-state index in [2.05, 4.69) is 0 Å². The normalized spacial score (nSPS) is 20.9. The summed E-state index contributed by atoms with van der Waals surface area (Å²) in [6.45, 7) is 0.983. The Hall–Kier alpha value is -2.61. The average molecular weight is 416 g/mol. The van der Waals surface area contributed by atoms with E-state index in [1.165, 1.54) is 0 Å². The Morgan fingerprint density at radius 2 is 2.00 bits per heavy atom. The average Bonchev–Trinajstić information content (AvgIpc) is 3.42. The molecule has 1 aromatic heterocycles. The number of hydrogen-bond donors (Lipinski definition) is 0. The van der Waals surface area contributed by atoms with Crippen molar-refractivity contribution in [2.45, 2.75) is 38.3 Å². The van der Waals surface area contributed by atoms with Gasteiger partial charge in [-0.1, -0.05) is 12.1 Å². The van der Waals surface area contributed by atoms with E-state index in [9.17, 15) is 18.0 Å². The van der Waals surface area contributed by atoms with Crippen LogP contribution in [0.5, 0.6) is 0 Å². The minimum absolute atomic E-state index is 0.00451. The quantitative estimate of drug-likeness (QED) is 0.720. The van der Waals surface area contributed by atoms with Gasteiger partial charge < -0.3 is 14.2 Å². The van der Waals surface area contributed by atoms with Crippen molar-refractivity contribution in [3.8, 4) is 0 Å². The molecule has 2 saturated heterocycles. The SMILES string of the molecule is O=C1CCCN1c1ccc(CC(=O)N(Cc2ccco2)C2CCS(=O)(=O)C2)cc1. The molecule has 0 N–H and O–H groups in total. The lowest BCUT2D eigenvalue weighted by molar-refractivity contribution is -0.133. The van der Waals surface area contributed by atoms with Crippen LogP contribution in [-0.4, -0.2) is 49.2 Å². The molecule has 0 bridgehead atoms. The van der Waals surface area contributed by atoms with Gasteiger partial charge in [0, 0.05) is 24.7 Å². The fraction of sp³-hybridized carbons (Fsp3) is 0.429. The molecular weight excluding hydrogens is 392 g/mol. The minimum Gasteiger partial charge on any atom is -0.467 e. The second-order valence-electron chi connectivity index (χ2n) is 7.65. The summed E-state index contributed by atoms with van der Waals surface area (Å²) in [5, 5.41) is 0. The molecule has 154 valence electrons. The molecule has 2 aromatic rings. The smallest absolute Gasteiger partial charge is 0.227 e. The van der Waals surface area contributed by atoms with Crippen LogP contribution in [0.3, 0.4) is 0 Å². The van der Waals surface area contributed by atoms with Crippen LogP contribution in [0.2, 0.25) is 0 Å². The van der Waals surface area contributed by atoms with Gasteiger partial charge in [-0.3, -0.25) is 9.59 Å². The van der Waals surface area contributed by atoms with Crippen LogP contribution in [0.15, 0.2) is 47.1 Å². The van der Waals surface area contributed by atoms with Crippen LogP contribution >= 0.6 is 0 Å². The van der Waals surface area contributed by atoms with Gasteiger partial charge in [-0.05, 0) is 42.7 Å². The summed E-state index contributed by atoms with van der Waals surface area (Å²) >= 11 is 0. The van der Waals surface area contributed by atoms with E-state index >= 15 is 0 Å². The molecule has 0 spiro atoms. The van der Waals surface area contributed by atoms with Gasteiger partial charge in [-0.2, -0.15) is 0 Å². The zero-order chi connectivity index (χ0) is 20.4. The Morgan fingerprint density at radius 1 is 1.21 bits per heavy atom. The summed E-state index contributed by atoms with van der Waals surface area (Å²) in [4.78, 5) is 28.3. The Bertz CT molecular complexity index is 983. The van der Waals surface area contributed by atoms with Crippen LogP contribution in [-0.2, 0) is 32.4 Å². The monoisotopic (exact) mass is 416 g/mol. The van der Waals surface area contributed by atoms with Gasteiger partial charge in [-0.15, -0.1) is 0 Å². The molecule has 29 heavy (non-hydrogen) atoms. The molecule has 2 amide bonds. The lowest BCUT2D eigenvalue weighted by Gasteiger charge is -2.27. The maximum absolute atomic E-state index is 13.1. The molecule has 1 atom stereocenters. The van der Waals surface area contributed by atoms with Gasteiger partial charge in [0.05, 0.1) is 30.7 Å². The molecule has 1 unspecified atom stereocenters. The molecule has 2 aliphatic heterocycles. The number of nitrogens with zero attached hydrogens (tertiary/aromatic N) is 2. The Labute approximate surface area is 170 Å². The Balaban J connectivity index is 1.48. The number of carbonyl (C=O) groups is 2. The van der Waals surface area contributed by atoms with Gasteiger partial charge in [-0.25, -0.2) is 8.42 Å². The predicted molar refractivity (Wildman–Crippen MR) is 108 cm³/mol. The van der Waals surface area contributed by atoms with Crippen LogP contribution in [0, 0.1) is 0 Å². The molecule has 0 radical (unpaired) electrons. The standard InChI is InChI=1S/C21H24N2O5S/c24-20-4-1-10-22(20)17-7-5-16(6-8-17)13-21(25)23(14-19-3-2-11-28-19)18-9-12-29(26,27)15-18/h2-3,5-8,11,18H,1,4,9-10,12-15H2. The molecule has 0 saturated carbocycles. The van der Waals surface area contributed by atoms with Crippen molar-refractivity contribution in [2.24, 2.45) is 0 Å². The predicted octanol–water partition coefficient (Wildman–Crippen LogP) is 2.16. The van der Waals surface area contributed by atoms with E-state index in [-0.39, 0.29) is 42.3 Å². The van der Waals surface area contributed by atoms with Crippen LogP contribution in [0.1, 0.15) is 30.6 Å². The van der Waals surface area contributed by atoms with Crippen molar-refractivity contribution in [2.75, 3.05) is 23.0 Å². The number of amides is 2. The lowest BCUT2D eigenvalue weighted by atomic mass is 10.1. The van der Waals surface area contributed by atoms with Crippen LogP contribution < -0.4 is 4.90 Å². The second kappa shape index (κ2) is 8.02. The van der Waals surface area contributed by atoms with Gasteiger partial charge in [0.15, 0.2) is 9.84 Å². The fourth-order valence-corrected chi connectivity index (χ4v) is 5.73. The Kier molecular flexibility index (Phi) is 5.45. The lowest BCUT2D eigenvalue weighted by Crippen LogP contribution is -2.41. The maximum Gasteiger partial charge on any atom is 0.227 e. The van der Waals surface area contributed by atoms with E-state index < -0.39 is 9.84 Å². The van der Waals surface area contributed by atoms with Crippen LogP contribution in [0.4, 0.5) is 5.69 Å². The summed E-state index contributed by atoms with van der Waals surface area (Å²) in [5.74, 6) is 0.730. The number of carbonyl (C=O) groups excluding carboxylic acids is 2. The van der Waals surface area contributed by atoms with Crippen molar-refractivity contribution >= 4 is 27.3 Å². The van der Waals surface area contributed by atoms with Gasteiger partial charge in [0.25, 0.3) is 0 Å². The highest BCUT2D eigenvalue weighted by molar-refractivity contribution is 7.91. The number of furan rings is 1. The summed E-state index contributed by atoms with van der Waals surface area (Å²) in [5.41, 5.74) is 1.67. The first-order valence-electron chi connectivity index (χ1n) is 9.83. The number of benzene rings is 1. The molecule has 2 fully saturated rings. The summed E-state index contributed by atoms with van der Waals surface area (Å²) in [6.07, 6.45) is 3.61. The van der Waals surface area contributed by atoms with Crippen LogP contribution in [0.25, 0.3) is 0 Å². The van der Waals surface area contributed by atoms with Gasteiger partial charge >= 0.3 is 0 Å². The number of hydrogen-bond acceptors (Lipinski definition) is 5. The van der Waals surface area contributed by atoms with Crippen molar-refractivity contribution in [3.63, 3.8) is 0 Å². The largest absolute Gasteiger partial charge is 0.467 e. The van der Waals surface area contributed by atoms with E-state index in [0.29, 0.717) is 18.6 Å². The zero-order valence-corrected chi connectivity index (χ0v) is 16.9. The molecule has 4 rings (SSSR count). The summed E-state index contributed by atoms with van der Waals surface area (Å²) in [7, 11) is -3.11. The highest BCUT2D eigenvalue weighted by Gasteiger charge is 2.35. The van der Waals surface area contributed by atoms with Crippen molar-refractivity contribution < 1.29 is 22.4 Å². The zero-order valence-electron chi connectivity index (χ0n) is 16.1. The third-order valence-corrected chi connectivity index (χ3v) is 7.30. The number of rotatable bonds is 6. The van der Waals surface area contributed by atoms with E-state index in [0.717, 1.165) is 24.2 Å². The first kappa shape index (κ1) is 19.7. The van der Waals surface area contributed by atoms with Gasteiger partial charge in [0.2, 0.25) is 11.8 Å². The summed E-state index contributed by atoms with van der Waals surface area (Å²) in [6, 6.07) is 10.6. The summed E-state index contributed by atoms with van der Waals surface area (Å²) < 4.78 is 29.2. The molecule has 7 nitrogen and oxygen atoms in total. The highest BCUT2D eigenvalue weighted by Crippen LogP contribution is 2.24. The van der Waals surface area contributed by atoms with E-state index in [4.69, 9.17) is 4.42 Å². The molecule has 1 aromatic carbocycles. The van der Waals surface area contributed by atoms with Gasteiger partial charge in [0.1, 0.15) is 5.76 Å². The first-order valence-corrected chi connectivity index (χ1v) is 11.6. The second-order valence-corrected chi connectivity index (χ2v) is 9.88. The molecule has 0 aliphatic carbocycles. The van der Waals surface area contributed by atoms with Crippen molar-refractivity contribution in [1.82, 2.24) is 4.90 Å². The third kappa shape index (κ3) is 4.53. The minimum atomic E-state index is -3.11. The molecule has 2 aliphatic rings. The fourth-order valence-electron chi connectivity index (χ4n) is 4.00. The first-order chi connectivity index (χ1) is 13.9. The molecular formula is C21H24N2O5S. The number of anilines is 1. The topological polar surface area (TPSA) is 87.9 Å². The third-order valence-electron chi connectivity index (χ3n) is 5.55. The van der Waals surface area contributed by atoms with Crippen molar-refractivity contribution in [1.29, 1.82) is 0 Å². The van der Waals surface area contributed by atoms with E-state index in [1.807, 2.05) is 24.3 Å². The van der Waals surface area contributed by atoms with E-state index in [1.54, 1.807) is 28.2 Å². The Morgan fingerprint density at radius 3 is 2.59 bits per heavy atom. The maximum atomic E-state index is 13.1. The van der Waals surface area contributed by atoms with Crippen molar-refractivity contribution in [3.05, 3.63) is 54.0 Å². The highest BCUT2D eigenvalue weighted by atomic mass is 32.2.